The highest BCUT2D eigenvalue weighted by Crippen LogP contribution is 2.02. The van der Waals surface area contributed by atoms with Gasteiger partial charge in [-0.25, -0.2) is 9.59 Å². The zero-order valence-electron chi connectivity index (χ0n) is 17.0. The van der Waals surface area contributed by atoms with Gasteiger partial charge < -0.3 is 24.4 Å². The largest absolute Gasteiger partial charge is 0.459 e. The summed E-state index contributed by atoms with van der Waals surface area (Å²) in [5, 5.41) is 27.8. The number of hydrogen-bond donors (Lipinski definition) is 1. The van der Waals surface area contributed by atoms with Gasteiger partial charge in [-0.2, -0.15) is 10.5 Å². The molecule has 0 fully saturated rings. The molecule has 0 aliphatic rings. The van der Waals surface area contributed by atoms with Gasteiger partial charge in [-0.3, -0.25) is 0 Å². The lowest BCUT2D eigenvalue weighted by atomic mass is 10.2. The van der Waals surface area contributed by atoms with Gasteiger partial charge in [0, 0.05) is 27.7 Å². The summed E-state index contributed by atoms with van der Waals surface area (Å²) in [4.78, 5) is 27.2. The molecule has 1 atom stereocenters. The van der Waals surface area contributed by atoms with Crippen molar-refractivity contribution in [1.82, 2.24) is 9.80 Å². The molecule has 0 aliphatic heterocycles. The molecule has 9 nitrogen and oxygen atoms in total. The first-order valence-electron chi connectivity index (χ1n) is 8.71. The van der Waals surface area contributed by atoms with Crippen LogP contribution in [0.15, 0.2) is 47.9 Å². The molecule has 0 saturated heterocycles. The van der Waals surface area contributed by atoms with Crippen molar-refractivity contribution in [1.29, 1.82) is 10.5 Å². The standard InChI is InChI=1S/C20H26N4O5/c1-5-24(4)11-7-9-17(13-22)20(27)29-15-18(25)14-28-19(26)16(12-21)8-6-10-23(2)3/h6-11,18,25H,5,14-15H2,1-4H3/b10-6+,11-7+,16-8-,17-9+. The molecule has 0 aromatic carbocycles. The number of hydrogen-bond acceptors (Lipinski definition) is 9. The summed E-state index contributed by atoms with van der Waals surface area (Å²) in [5.41, 5.74) is -0.483. The van der Waals surface area contributed by atoms with E-state index in [0.29, 0.717) is 0 Å². The lowest BCUT2D eigenvalue weighted by Crippen LogP contribution is -2.26. The average Bonchev–Trinajstić information content (AvgIpc) is 2.70. The van der Waals surface area contributed by atoms with Gasteiger partial charge >= 0.3 is 11.9 Å². The van der Waals surface area contributed by atoms with Crippen LogP contribution in [0.2, 0.25) is 0 Å². The second-order valence-corrected chi connectivity index (χ2v) is 5.95. The number of nitrogens with zero attached hydrogens (tertiary/aromatic N) is 4. The van der Waals surface area contributed by atoms with Crippen molar-refractivity contribution in [3.63, 3.8) is 0 Å². The average molecular weight is 402 g/mol. The monoisotopic (exact) mass is 402 g/mol. The van der Waals surface area contributed by atoms with Crippen LogP contribution in [0.1, 0.15) is 6.92 Å². The van der Waals surface area contributed by atoms with Gasteiger partial charge in [-0.05, 0) is 43.6 Å². The van der Waals surface area contributed by atoms with Crippen LogP contribution in [0.25, 0.3) is 0 Å². The van der Waals surface area contributed by atoms with Gasteiger partial charge in [0.25, 0.3) is 0 Å². The van der Waals surface area contributed by atoms with E-state index >= 15 is 0 Å². The maximum Gasteiger partial charge on any atom is 0.348 e. The molecule has 0 aliphatic carbocycles. The molecule has 156 valence electrons. The number of aliphatic hydroxyl groups excluding tert-OH is 1. The third-order valence-corrected chi connectivity index (χ3v) is 3.24. The zero-order valence-corrected chi connectivity index (χ0v) is 17.0. The van der Waals surface area contributed by atoms with E-state index in [4.69, 9.17) is 20.0 Å². The fraction of sp³-hybridized carbons (Fsp3) is 0.400. The van der Waals surface area contributed by atoms with Crippen LogP contribution in [0.4, 0.5) is 0 Å². The van der Waals surface area contributed by atoms with Gasteiger partial charge in [0.15, 0.2) is 0 Å². The van der Waals surface area contributed by atoms with Crippen molar-refractivity contribution >= 4 is 11.9 Å². The fourth-order valence-corrected chi connectivity index (χ4v) is 1.55. The molecule has 0 aromatic heterocycles. The van der Waals surface area contributed by atoms with Crippen LogP contribution in [0, 0.1) is 22.7 Å². The molecule has 9 heteroatoms. The molecule has 0 heterocycles. The molecule has 1 unspecified atom stereocenters. The van der Waals surface area contributed by atoms with Gasteiger partial charge in [-0.1, -0.05) is 0 Å². The lowest BCUT2D eigenvalue weighted by Gasteiger charge is -2.11. The molecule has 0 amide bonds. The SMILES string of the molecule is CCN(C)/C=C/C=C(\C#N)C(=O)OCC(O)COC(=O)/C(C#N)=C\C=C\N(C)C. The van der Waals surface area contributed by atoms with Crippen LogP contribution in [-0.2, 0) is 19.1 Å². The molecule has 1 N–H and O–H groups in total. The van der Waals surface area contributed by atoms with E-state index in [0.717, 1.165) is 6.54 Å². The Morgan fingerprint density at radius 3 is 1.79 bits per heavy atom. The summed E-state index contributed by atoms with van der Waals surface area (Å²) < 4.78 is 9.66. The van der Waals surface area contributed by atoms with Crippen molar-refractivity contribution in [2.45, 2.75) is 13.0 Å². The predicted molar refractivity (Wildman–Crippen MR) is 106 cm³/mol. The van der Waals surface area contributed by atoms with Crippen molar-refractivity contribution in [3.8, 4) is 12.1 Å². The van der Waals surface area contributed by atoms with Crippen molar-refractivity contribution in [2.75, 3.05) is 40.9 Å². The number of allylic oxidation sites excluding steroid dienone is 4. The first kappa shape index (κ1) is 25.4. The third kappa shape index (κ3) is 11.7. The van der Waals surface area contributed by atoms with Gasteiger partial charge in [0.05, 0.1) is 0 Å². The van der Waals surface area contributed by atoms with E-state index in [1.54, 1.807) is 43.5 Å². The quantitative estimate of drug-likeness (QED) is 0.232. The van der Waals surface area contributed by atoms with Crippen molar-refractivity contribution < 1.29 is 24.2 Å². The fourth-order valence-electron chi connectivity index (χ4n) is 1.55. The molecule has 0 rings (SSSR count). The Labute approximate surface area is 171 Å². The van der Waals surface area contributed by atoms with E-state index < -0.39 is 31.3 Å². The molecule has 0 spiro atoms. The maximum atomic E-state index is 11.8. The predicted octanol–water partition coefficient (Wildman–Crippen LogP) is 0.874. The number of carbonyl (C=O) groups is 2. The van der Waals surface area contributed by atoms with Gasteiger partial charge in [0.2, 0.25) is 0 Å². The minimum absolute atomic E-state index is 0.239. The van der Waals surface area contributed by atoms with Gasteiger partial charge in [-0.15, -0.1) is 0 Å². The Hall–Kier alpha value is -3.56. The summed E-state index contributed by atoms with van der Waals surface area (Å²) in [6, 6.07) is 3.41. The second-order valence-electron chi connectivity index (χ2n) is 5.95. The maximum absolute atomic E-state index is 11.8. The third-order valence-electron chi connectivity index (χ3n) is 3.24. The normalized spacial score (nSPS) is 12.9. The number of carbonyl (C=O) groups excluding carboxylic acids is 2. The molecule has 0 radical (unpaired) electrons. The van der Waals surface area contributed by atoms with Crippen molar-refractivity contribution in [2.24, 2.45) is 0 Å². The van der Waals surface area contributed by atoms with E-state index in [9.17, 15) is 14.7 Å². The van der Waals surface area contributed by atoms with E-state index in [2.05, 4.69) is 0 Å². The topological polar surface area (TPSA) is 127 Å². The van der Waals surface area contributed by atoms with Gasteiger partial charge in [0.1, 0.15) is 42.6 Å². The Morgan fingerprint density at radius 2 is 1.41 bits per heavy atom. The van der Waals surface area contributed by atoms with Crippen LogP contribution in [0.3, 0.4) is 0 Å². The molecule has 0 aromatic rings. The zero-order chi connectivity index (χ0) is 22.2. The Balaban J connectivity index is 4.59. The number of rotatable bonds is 11. The number of esters is 2. The summed E-state index contributed by atoms with van der Waals surface area (Å²) >= 11 is 0. The highest BCUT2D eigenvalue weighted by molar-refractivity contribution is 5.93. The second kappa shape index (κ2) is 14.5. The molecular formula is C20H26N4O5. The summed E-state index contributed by atoms with van der Waals surface area (Å²) in [6.07, 6.45) is 7.63. The summed E-state index contributed by atoms with van der Waals surface area (Å²) in [7, 11) is 5.39. The van der Waals surface area contributed by atoms with Crippen LogP contribution in [-0.4, -0.2) is 73.9 Å². The van der Waals surface area contributed by atoms with E-state index in [1.807, 2.05) is 18.9 Å². The highest BCUT2D eigenvalue weighted by atomic mass is 16.6. The Kier molecular flexibility index (Phi) is 12.7. The Bertz CT molecular complexity index is 754. The Morgan fingerprint density at radius 1 is 0.966 bits per heavy atom. The minimum atomic E-state index is -1.30. The lowest BCUT2D eigenvalue weighted by molar-refractivity contribution is -0.147. The minimum Gasteiger partial charge on any atom is -0.459 e. The number of ether oxygens (including phenoxy) is 2. The molecule has 29 heavy (non-hydrogen) atoms. The smallest absolute Gasteiger partial charge is 0.348 e. The van der Waals surface area contributed by atoms with Crippen LogP contribution < -0.4 is 0 Å². The van der Waals surface area contributed by atoms with E-state index in [-0.39, 0.29) is 11.1 Å². The van der Waals surface area contributed by atoms with E-state index in [1.165, 1.54) is 24.3 Å². The number of aliphatic hydroxyl groups is 1. The molecule has 0 bridgehead atoms. The van der Waals surface area contributed by atoms with Crippen LogP contribution in [0.5, 0.6) is 0 Å². The summed E-state index contributed by atoms with van der Waals surface area (Å²) in [5.74, 6) is -1.82. The summed E-state index contributed by atoms with van der Waals surface area (Å²) in [6.45, 7) is 1.75. The van der Waals surface area contributed by atoms with Crippen LogP contribution >= 0.6 is 0 Å². The number of nitriles is 2. The molecular weight excluding hydrogens is 376 g/mol. The first-order valence-corrected chi connectivity index (χ1v) is 8.71. The highest BCUT2D eigenvalue weighted by Gasteiger charge is 2.16. The first-order chi connectivity index (χ1) is 13.7. The van der Waals surface area contributed by atoms with Crippen molar-refractivity contribution in [3.05, 3.63) is 47.9 Å². The molecule has 0 saturated carbocycles.